The van der Waals surface area contributed by atoms with E-state index in [1.807, 2.05) is 45.0 Å². The number of hydrogen-bond donors (Lipinski definition) is 0. The number of aromatic nitrogens is 1. The second-order valence-corrected chi connectivity index (χ2v) is 10.7. The summed E-state index contributed by atoms with van der Waals surface area (Å²) in [4.78, 5) is 20.5. The first kappa shape index (κ1) is 27.9. The molecule has 0 bridgehead atoms. The van der Waals surface area contributed by atoms with E-state index in [9.17, 15) is 4.79 Å². The van der Waals surface area contributed by atoms with Crippen LogP contribution in [0.1, 0.15) is 40.0 Å². The maximum Gasteiger partial charge on any atom is 0.410 e. The number of halogens is 1. The van der Waals surface area contributed by atoms with Crippen LogP contribution in [-0.2, 0) is 18.9 Å². The fraction of sp³-hybridized carbons (Fsp3) is 0.500. The molecule has 2 aromatic rings. The third-order valence-electron chi connectivity index (χ3n) is 5.97. The Labute approximate surface area is 228 Å². The minimum Gasteiger partial charge on any atom is -0.493 e. The van der Waals surface area contributed by atoms with Gasteiger partial charge in [-0.05, 0) is 64.3 Å². The van der Waals surface area contributed by atoms with Crippen molar-refractivity contribution < 1.29 is 28.5 Å². The molecule has 1 amide bonds. The van der Waals surface area contributed by atoms with Gasteiger partial charge in [0.25, 0.3) is 0 Å². The summed E-state index contributed by atoms with van der Waals surface area (Å²) in [5.74, 6) is 1.86. The van der Waals surface area contributed by atoms with Gasteiger partial charge in [-0.1, -0.05) is 11.6 Å². The molecule has 206 valence electrons. The molecule has 2 aliphatic rings. The minimum atomic E-state index is -0.487. The molecule has 1 fully saturated rings. The molecule has 3 heterocycles. The number of pyridine rings is 1. The number of unbranched alkanes of at least 4 members (excludes halogenated alkanes) is 2. The van der Waals surface area contributed by atoms with Crippen molar-refractivity contribution in [3.8, 4) is 5.75 Å². The normalized spacial score (nSPS) is 16.3. The van der Waals surface area contributed by atoms with E-state index >= 15 is 0 Å². The number of piperazine rings is 1. The fourth-order valence-electron chi connectivity index (χ4n) is 4.04. The Morgan fingerprint density at radius 3 is 2.47 bits per heavy atom. The summed E-state index contributed by atoms with van der Waals surface area (Å²) in [5.41, 5.74) is 0.336. The molecule has 2 aliphatic heterocycles. The molecule has 0 saturated carbocycles. The number of nitrogens with zero attached hydrogens (tertiary/aromatic N) is 3. The average molecular weight is 546 g/mol. The van der Waals surface area contributed by atoms with Crippen LogP contribution < -0.4 is 4.74 Å². The molecular weight excluding hydrogens is 510 g/mol. The molecule has 4 rings (SSSR count). The maximum atomic E-state index is 12.2. The van der Waals surface area contributed by atoms with E-state index in [-0.39, 0.29) is 6.09 Å². The number of rotatable bonds is 10. The summed E-state index contributed by atoms with van der Waals surface area (Å²) < 4.78 is 28.3. The van der Waals surface area contributed by atoms with Crippen molar-refractivity contribution in [2.45, 2.75) is 45.6 Å². The van der Waals surface area contributed by atoms with E-state index in [0.717, 1.165) is 49.0 Å². The van der Waals surface area contributed by atoms with E-state index in [4.69, 9.17) is 35.3 Å². The number of amides is 1. The van der Waals surface area contributed by atoms with Gasteiger partial charge in [-0.15, -0.1) is 0 Å². The van der Waals surface area contributed by atoms with Gasteiger partial charge >= 0.3 is 12.0 Å². The van der Waals surface area contributed by atoms with Crippen molar-refractivity contribution in [1.29, 1.82) is 0 Å². The highest BCUT2D eigenvalue weighted by Crippen LogP contribution is 2.26. The van der Waals surface area contributed by atoms with Crippen molar-refractivity contribution in [3.05, 3.63) is 59.7 Å². The molecule has 38 heavy (non-hydrogen) atoms. The zero-order valence-corrected chi connectivity index (χ0v) is 23.0. The van der Waals surface area contributed by atoms with E-state index in [2.05, 4.69) is 9.88 Å². The molecule has 10 heteroatoms. The Kier molecular flexibility index (Phi) is 9.58. The summed E-state index contributed by atoms with van der Waals surface area (Å²) in [6, 6.07) is 7.48. The lowest BCUT2D eigenvalue weighted by Crippen LogP contribution is -2.50. The Morgan fingerprint density at radius 1 is 1.00 bits per heavy atom. The second-order valence-electron chi connectivity index (χ2n) is 10.2. The van der Waals surface area contributed by atoms with Crippen molar-refractivity contribution in [1.82, 2.24) is 14.8 Å². The zero-order valence-electron chi connectivity index (χ0n) is 22.3. The van der Waals surface area contributed by atoms with Gasteiger partial charge in [-0.2, -0.15) is 0 Å². The lowest BCUT2D eigenvalue weighted by atomic mass is 10.2. The third kappa shape index (κ3) is 8.43. The lowest BCUT2D eigenvalue weighted by Gasteiger charge is -2.35. The van der Waals surface area contributed by atoms with Crippen molar-refractivity contribution in [2.24, 2.45) is 0 Å². The van der Waals surface area contributed by atoms with Crippen LogP contribution in [0.5, 0.6) is 5.75 Å². The number of carbonyl (C=O) groups is 1. The molecule has 0 atom stereocenters. The van der Waals surface area contributed by atoms with Crippen LogP contribution in [0.2, 0.25) is 5.02 Å². The molecule has 1 aromatic heterocycles. The first-order chi connectivity index (χ1) is 18.3. The Morgan fingerprint density at radius 2 is 1.76 bits per heavy atom. The van der Waals surface area contributed by atoms with Crippen LogP contribution in [0, 0.1) is 0 Å². The Hall–Kier alpha value is -3.17. The predicted octanol–water partition coefficient (Wildman–Crippen LogP) is 5.69. The smallest absolute Gasteiger partial charge is 0.410 e. The summed E-state index contributed by atoms with van der Waals surface area (Å²) in [6.45, 7) is 10.1. The van der Waals surface area contributed by atoms with Gasteiger partial charge in [0.1, 0.15) is 17.6 Å². The number of ether oxygens (including phenoxy) is 5. The molecule has 0 aliphatic carbocycles. The van der Waals surface area contributed by atoms with Crippen LogP contribution in [0.25, 0.3) is 10.9 Å². The molecule has 1 saturated heterocycles. The maximum absolute atomic E-state index is 12.2. The van der Waals surface area contributed by atoms with Gasteiger partial charge in [0.15, 0.2) is 12.0 Å². The predicted molar refractivity (Wildman–Crippen MR) is 145 cm³/mol. The molecule has 9 nitrogen and oxygen atoms in total. The highest BCUT2D eigenvalue weighted by molar-refractivity contribution is 6.31. The minimum absolute atomic E-state index is 0.265. The SMILES string of the molecule is CC(C)(C)OC(=O)N1CCN(CC2=COC(OCCCCCOc3ccnc4cc(Cl)ccc34)=CO2)CC1. The first-order valence-electron chi connectivity index (χ1n) is 13.0. The van der Waals surface area contributed by atoms with Crippen LogP contribution in [0.15, 0.2) is 54.7 Å². The van der Waals surface area contributed by atoms with Gasteiger partial charge in [-0.25, -0.2) is 4.79 Å². The quantitative estimate of drug-likeness (QED) is 0.352. The van der Waals surface area contributed by atoms with Gasteiger partial charge in [0.05, 0.1) is 25.3 Å². The van der Waals surface area contributed by atoms with Crippen LogP contribution >= 0.6 is 11.6 Å². The van der Waals surface area contributed by atoms with Crippen molar-refractivity contribution >= 4 is 28.6 Å². The fourth-order valence-corrected chi connectivity index (χ4v) is 4.20. The monoisotopic (exact) mass is 545 g/mol. The van der Waals surface area contributed by atoms with Gasteiger partial charge in [0, 0.05) is 42.8 Å². The second kappa shape index (κ2) is 13.1. The summed E-state index contributed by atoms with van der Waals surface area (Å²) in [5, 5.41) is 1.61. The number of fused-ring (bicyclic) bond motifs is 1. The molecular formula is C28H36ClN3O6. The molecule has 0 N–H and O–H groups in total. The highest BCUT2D eigenvalue weighted by Gasteiger charge is 2.26. The van der Waals surface area contributed by atoms with Crippen LogP contribution in [-0.4, -0.2) is 72.4 Å². The van der Waals surface area contributed by atoms with Crippen LogP contribution in [0.3, 0.4) is 0 Å². The van der Waals surface area contributed by atoms with E-state index in [0.29, 0.717) is 49.6 Å². The average Bonchev–Trinajstić information content (AvgIpc) is 2.88. The molecule has 0 radical (unpaired) electrons. The van der Waals surface area contributed by atoms with Gasteiger partial charge in [0.2, 0.25) is 0 Å². The lowest BCUT2D eigenvalue weighted by molar-refractivity contribution is 0.0130. The largest absolute Gasteiger partial charge is 0.493 e. The highest BCUT2D eigenvalue weighted by atomic mass is 35.5. The van der Waals surface area contributed by atoms with E-state index < -0.39 is 5.60 Å². The number of hydrogen-bond acceptors (Lipinski definition) is 8. The number of benzene rings is 1. The molecule has 1 aromatic carbocycles. The third-order valence-corrected chi connectivity index (χ3v) is 6.21. The number of carbonyl (C=O) groups excluding carboxylic acids is 1. The Bertz CT molecular complexity index is 1150. The zero-order chi connectivity index (χ0) is 27.0. The van der Waals surface area contributed by atoms with Gasteiger partial charge < -0.3 is 28.6 Å². The van der Waals surface area contributed by atoms with Crippen LogP contribution in [0.4, 0.5) is 4.79 Å². The molecule has 0 spiro atoms. The van der Waals surface area contributed by atoms with Crippen molar-refractivity contribution in [2.75, 3.05) is 45.9 Å². The topological polar surface area (TPSA) is 82.6 Å². The summed E-state index contributed by atoms with van der Waals surface area (Å²) >= 11 is 6.04. The summed E-state index contributed by atoms with van der Waals surface area (Å²) in [6.07, 6.45) is 7.27. The first-order valence-corrected chi connectivity index (χ1v) is 13.4. The van der Waals surface area contributed by atoms with Crippen molar-refractivity contribution in [3.63, 3.8) is 0 Å². The summed E-state index contributed by atoms with van der Waals surface area (Å²) in [7, 11) is 0. The standard InChI is InChI=1S/C28H36ClN3O6/c1-28(2,3)38-27(33)32-13-11-31(12-14-32)18-22-19-37-26(20-36-22)35-16-6-4-5-15-34-25-9-10-30-24-17-21(29)7-8-23(24)25/h7-10,17,19-20H,4-6,11-16,18H2,1-3H3. The van der Waals surface area contributed by atoms with E-state index in [1.165, 1.54) is 6.26 Å². The molecule has 0 unspecified atom stereocenters. The van der Waals surface area contributed by atoms with Gasteiger partial charge in [-0.3, -0.25) is 9.88 Å². The van der Waals surface area contributed by atoms with E-state index in [1.54, 1.807) is 17.4 Å². The Balaban J connectivity index is 1.06.